The number of halogens is 1. The summed E-state index contributed by atoms with van der Waals surface area (Å²) < 4.78 is 0.600. The van der Waals surface area contributed by atoms with Gasteiger partial charge in [-0.15, -0.1) is 0 Å². The molecule has 2 aromatic rings. The molecule has 1 aliphatic rings. The molecule has 3 rings (SSSR count). The van der Waals surface area contributed by atoms with Gasteiger partial charge < -0.3 is 10.6 Å². The van der Waals surface area contributed by atoms with E-state index in [1.54, 1.807) is 6.20 Å². The van der Waals surface area contributed by atoms with E-state index in [1.807, 2.05) is 0 Å². The number of likely N-dealkylation sites (N-methyl/N-ethyl adjacent to an activating group) is 1. The third-order valence-corrected chi connectivity index (χ3v) is 4.38. The number of fused-ring (bicyclic) bond motifs is 1. The second kappa shape index (κ2) is 5.14. The van der Waals surface area contributed by atoms with E-state index in [0.29, 0.717) is 10.4 Å². The Bertz CT molecular complexity index is 669. The van der Waals surface area contributed by atoms with E-state index in [9.17, 15) is 0 Å². The van der Waals surface area contributed by atoms with Crippen molar-refractivity contribution in [1.29, 1.82) is 0 Å². The van der Waals surface area contributed by atoms with Crippen LogP contribution in [-0.4, -0.2) is 28.5 Å². The summed E-state index contributed by atoms with van der Waals surface area (Å²) in [5.41, 5.74) is 11.9. The fourth-order valence-corrected chi connectivity index (χ4v) is 3.02. The summed E-state index contributed by atoms with van der Waals surface area (Å²) in [4.78, 5) is 11.0. The average molecular weight is 333 g/mol. The number of aryl methyl sites for hydroxylation is 1. The molecule has 20 heavy (non-hydrogen) atoms. The number of hydrogen-bond acceptors (Lipinski definition) is 4. The lowest BCUT2D eigenvalue weighted by atomic mass is 9.92. The maximum absolute atomic E-state index is 5.70. The Hall–Kier alpha value is -1.46. The second-order valence-corrected chi connectivity index (χ2v) is 6.10. The predicted octanol–water partition coefficient (Wildman–Crippen LogP) is 2.78. The van der Waals surface area contributed by atoms with Crippen molar-refractivity contribution in [2.45, 2.75) is 19.9 Å². The summed E-state index contributed by atoms with van der Waals surface area (Å²) in [5, 5.41) is 0. The number of hydrogen-bond donors (Lipinski definition) is 1. The minimum atomic E-state index is 0.420. The van der Waals surface area contributed by atoms with Gasteiger partial charge in [-0.2, -0.15) is 0 Å². The Labute approximate surface area is 127 Å². The molecule has 0 saturated heterocycles. The van der Waals surface area contributed by atoms with Crippen LogP contribution in [0.1, 0.15) is 16.7 Å². The Kier molecular flexibility index (Phi) is 3.48. The number of rotatable bonds is 1. The molecule has 1 aromatic heterocycles. The summed E-state index contributed by atoms with van der Waals surface area (Å²) in [7, 11) is 2.16. The van der Waals surface area contributed by atoms with E-state index in [1.165, 1.54) is 16.7 Å². The van der Waals surface area contributed by atoms with Crippen molar-refractivity contribution in [2.24, 2.45) is 0 Å². The van der Waals surface area contributed by atoms with Gasteiger partial charge in [0.1, 0.15) is 4.60 Å². The van der Waals surface area contributed by atoms with Crippen molar-refractivity contribution in [2.75, 3.05) is 19.3 Å². The third-order valence-electron chi connectivity index (χ3n) is 3.80. The predicted molar refractivity (Wildman–Crippen MR) is 84.4 cm³/mol. The van der Waals surface area contributed by atoms with E-state index in [-0.39, 0.29) is 0 Å². The number of nitrogens with two attached hydrogens (primary N) is 1. The molecule has 2 heterocycles. The molecule has 5 heteroatoms. The zero-order valence-corrected chi connectivity index (χ0v) is 13.2. The summed E-state index contributed by atoms with van der Waals surface area (Å²) in [6.07, 6.45) is 2.85. The second-order valence-electron chi connectivity index (χ2n) is 5.35. The van der Waals surface area contributed by atoms with Gasteiger partial charge in [0.05, 0.1) is 11.9 Å². The van der Waals surface area contributed by atoms with Gasteiger partial charge in [-0.3, -0.25) is 0 Å². The highest BCUT2D eigenvalue weighted by molar-refractivity contribution is 9.10. The molecule has 0 saturated carbocycles. The van der Waals surface area contributed by atoms with E-state index >= 15 is 0 Å². The van der Waals surface area contributed by atoms with Crippen LogP contribution in [0.25, 0.3) is 11.3 Å². The largest absolute Gasteiger partial charge is 0.381 e. The number of nitrogen functional groups attached to an aromatic ring is 1. The molecule has 2 N–H and O–H groups in total. The normalized spacial score (nSPS) is 15.2. The third kappa shape index (κ3) is 2.43. The number of aromatic nitrogens is 2. The minimum absolute atomic E-state index is 0.420. The van der Waals surface area contributed by atoms with Gasteiger partial charge in [0.25, 0.3) is 0 Å². The highest BCUT2D eigenvalue weighted by Gasteiger charge is 2.17. The van der Waals surface area contributed by atoms with Crippen molar-refractivity contribution >= 4 is 21.7 Å². The van der Waals surface area contributed by atoms with Gasteiger partial charge >= 0.3 is 0 Å². The molecule has 104 valence electrons. The Morgan fingerprint density at radius 1 is 1.35 bits per heavy atom. The molecule has 0 radical (unpaired) electrons. The highest BCUT2D eigenvalue weighted by Crippen LogP contribution is 2.29. The number of anilines is 1. The molecular weight excluding hydrogens is 316 g/mol. The SMILES string of the molecule is Cc1cc(-c2cnc(N)c(Br)n2)cc2c1CCN(C)C2. The van der Waals surface area contributed by atoms with Crippen LogP contribution >= 0.6 is 15.9 Å². The van der Waals surface area contributed by atoms with E-state index in [0.717, 1.165) is 30.8 Å². The maximum Gasteiger partial charge on any atom is 0.156 e. The van der Waals surface area contributed by atoms with Gasteiger partial charge in [0, 0.05) is 18.7 Å². The van der Waals surface area contributed by atoms with Crippen molar-refractivity contribution < 1.29 is 0 Å². The molecule has 1 aromatic carbocycles. The number of nitrogens with zero attached hydrogens (tertiary/aromatic N) is 3. The lowest BCUT2D eigenvalue weighted by Gasteiger charge is -2.27. The zero-order chi connectivity index (χ0) is 14.3. The first-order chi connectivity index (χ1) is 9.54. The van der Waals surface area contributed by atoms with Gasteiger partial charge in [-0.1, -0.05) is 0 Å². The molecule has 0 spiro atoms. The fourth-order valence-electron chi connectivity index (χ4n) is 2.72. The summed E-state index contributed by atoms with van der Waals surface area (Å²) >= 11 is 3.34. The van der Waals surface area contributed by atoms with Crippen LogP contribution in [0.3, 0.4) is 0 Å². The van der Waals surface area contributed by atoms with E-state index < -0.39 is 0 Å². The molecule has 0 fully saturated rings. The number of benzene rings is 1. The van der Waals surface area contributed by atoms with Crippen LogP contribution in [0, 0.1) is 6.92 Å². The van der Waals surface area contributed by atoms with Crippen LogP contribution in [0.4, 0.5) is 5.82 Å². The van der Waals surface area contributed by atoms with E-state index in [4.69, 9.17) is 5.73 Å². The first-order valence-electron chi connectivity index (χ1n) is 6.64. The van der Waals surface area contributed by atoms with E-state index in [2.05, 4.69) is 56.9 Å². The van der Waals surface area contributed by atoms with Crippen LogP contribution in [0.15, 0.2) is 22.9 Å². The van der Waals surface area contributed by atoms with Crippen LogP contribution in [0.5, 0.6) is 0 Å². The molecule has 0 aliphatic carbocycles. The molecular formula is C15H17BrN4. The summed E-state index contributed by atoms with van der Waals surface area (Å²) in [6.45, 7) is 4.29. The highest BCUT2D eigenvalue weighted by atomic mass is 79.9. The van der Waals surface area contributed by atoms with Gasteiger partial charge in [0.15, 0.2) is 5.82 Å². The van der Waals surface area contributed by atoms with Crippen LogP contribution in [-0.2, 0) is 13.0 Å². The topological polar surface area (TPSA) is 55.0 Å². The van der Waals surface area contributed by atoms with Crippen LogP contribution in [0.2, 0.25) is 0 Å². The molecule has 0 bridgehead atoms. The van der Waals surface area contributed by atoms with Crippen LogP contribution < -0.4 is 5.73 Å². The lowest BCUT2D eigenvalue weighted by molar-refractivity contribution is 0.312. The quantitative estimate of drug-likeness (QED) is 0.872. The standard InChI is InChI=1S/C15H17BrN4/c1-9-5-10(13-7-18-15(17)14(16)19-13)6-11-8-20(2)4-3-12(9)11/h5-7H,3-4,8H2,1-2H3,(H2,17,18). The average Bonchev–Trinajstić information content (AvgIpc) is 2.41. The van der Waals surface area contributed by atoms with Crippen molar-refractivity contribution in [3.05, 3.63) is 39.6 Å². The zero-order valence-electron chi connectivity index (χ0n) is 11.7. The first-order valence-corrected chi connectivity index (χ1v) is 7.43. The van der Waals surface area contributed by atoms with Crippen molar-refractivity contribution in [3.8, 4) is 11.3 Å². The molecule has 0 unspecified atom stereocenters. The molecule has 0 amide bonds. The smallest absolute Gasteiger partial charge is 0.156 e. The summed E-state index contributed by atoms with van der Waals surface area (Å²) in [5.74, 6) is 0.420. The molecule has 0 atom stereocenters. The Morgan fingerprint density at radius 3 is 2.90 bits per heavy atom. The van der Waals surface area contributed by atoms with Gasteiger partial charge in [-0.25, -0.2) is 9.97 Å². The summed E-state index contributed by atoms with van der Waals surface area (Å²) in [6, 6.07) is 4.42. The lowest BCUT2D eigenvalue weighted by Crippen LogP contribution is -2.27. The fraction of sp³-hybridized carbons (Fsp3) is 0.333. The first kappa shape index (κ1) is 13.5. The molecule has 4 nitrogen and oxygen atoms in total. The Morgan fingerprint density at radius 2 is 2.15 bits per heavy atom. The van der Waals surface area contributed by atoms with Crippen molar-refractivity contribution in [1.82, 2.24) is 14.9 Å². The Balaban J connectivity index is 2.08. The van der Waals surface area contributed by atoms with Crippen molar-refractivity contribution in [3.63, 3.8) is 0 Å². The van der Waals surface area contributed by atoms with Gasteiger partial charge in [-0.05, 0) is 65.1 Å². The maximum atomic E-state index is 5.70. The monoisotopic (exact) mass is 332 g/mol. The minimum Gasteiger partial charge on any atom is -0.381 e. The molecule has 1 aliphatic heterocycles. The van der Waals surface area contributed by atoms with Gasteiger partial charge in [0.2, 0.25) is 0 Å².